The second-order valence-corrected chi connectivity index (χ2v) is 7.93. The van der Waals surface area contributed by atoms with Gasteiger partial charge in [-0.3, -0.25) is 9.69 Å². The molecule has 1 amide bonds. The van der Waals surface area contributed by atoms with Crippen LogP contribution in [0.2, 0.25) is 0 Å². The molecule has 1 aromatic carbocycles. The van der Waals surface area contributed by atoms with Crippen LogP contribution in [-0.4, -0.2) is 41.9 Å². The standard InChI is InChI=1S/C20H27N3O/c1-16(2)13-23-15-20(11-19(23)24)6-8-22(9-7-20)14-18-5-3-4-17(10-18)12-21/h3-5,10,16H,6-9,11,13-15H2,1-2H3. The van der Waals surface area contributed by atoms with E-state index < -0.39 is 0 Å². The Labute approximate surface area is 145 Å². The van der Waals surface area contributed by atoms with Gasteiger partial charge in [-0.1, -0.05) is 26.0 Å². The minimum Gasteiger partial charge on any atom is -0.342 e. The van der Waals surface area contributed by atoms with Crippen LogP contribution >= 0.6 is 0 Å². The van der Waals surface area contributed by atoms with E-state index in [9.17, 15) is 4.79 Å². The van der Waals surface area contributed by atoms with Gasteiger partial charge in [0.25, 0.3) is 0 Å². The first-order chi connectivity index (χ1) is 11.5. The van der Waals surface area contributed by atoms with Crippen molar-refractivity contribution in [2.75, 3.05) is 26.2 Å². The molecular formula is C20H27N3O. The van der Waals surface area contributed by atoms with E-state index in [1.54, 1.807) is 0 Å². The number of hydrogen-bond donors (Lipinski definition) is 0. The predicted molar refractivity (Wildman–Crippen MR) is 94.1 cm³/mol. The maximum absolute atomic E-state index is 12.3. The molecule has 4 nitrogen and oxygen atoms in total. The molecule has 0 aromatic heterocycles. The SMILES string of the molecule is CC(C)CN1CC2(CCN(Cc3cccc(C#N)c3)CC2)CC1=O. The summed E-state index contributed by atoms with van der Waals surface area (Å²) in [4.78, 5) is 16.8. The number of piperidine rings is 1. The Balaban J connectivity index is 1.56. The molecule has 2 aliphatic heterocycles. The molecule has 24 heavy (non-hydrogen) atoms. The molecule has 0 radical (unpaired) electrons. The normalized spacial score (nSPS) is 20.8. The molecule has 0 saturated carbocycles. The number of likely N-dealkylation sites (tertiary alicyclic amines) is 2. The summed E-state index contributed by atoms with van der Waals surface area (Å²) in [6, 6.07) is 10.1. The monoisotopic (exact) mass is 325 g/mol. The van der Waals surface area contributed by atoms with Crippen molar-refractivity contribution in [3.05, 3.63) is 35.4 Å². The van der Waals surface area contributed by atoms with Gasteiger partial charge in [0.1, 0.15) is 0 Å². The summed E-state index contributed by atoms with van der Waals surface area (Å²) in [6.45, 7) is 9.17. The zero-order chi connectivity index (χ0) is 17.2. The maximum Gasteiger partial charge on any atom is 0.223 e. The highest BCUT2D eigenvalue weighted by Crippen LogP contribution is 2.41. The van der Waals surface area contributed by atoms with Crippen molar-refractivity contribution in [1.29, 1.82) is 5.26 Å². The molecule has 1 aromatic rings. The molecule has 0 N–H and O–H groups in total. The Morgan fingerprint density at radius 1 is 1.29 bits per heavy atom. The van der Waals surface area contributed by atoms with Gasteiger partial charge in [-0.05, 0) is 55.0 Å². The zero-order valence-electron chi connectivity index (χ0n) is 14.8. The van der Waals surface area contributed by atoms with Gasteiger partial charge in [0, 0.05) is 26.1 Å². The number of carbonyl (C=O) groups is 1. The lowest BCUT2D eigenvalue weighted by molar-refractivity contribution is -0.128. The van der Waals surface area contributed by atoms with E-state index in [-0.39, 0.29) is 5.41 Å². The molecule has 128 valence electrons. The van der Waals surface area contributed by atoms with E-state index in [0.717, 1.165) is 57.5 Å². The highest BCUT2D eigenvalue weighted by atomic mass is 16.2. The predicted octanol–water partition coefficient (Wildman–Crippen LogP) is 3.03. The maximum atomic E-state index is 12.3. The van der Waals surface area contributed by atoms with Crippen molar-refractivity contribution in [3.63, 3.8) is 0 Å². The quantitative estimate of drug-likeness (QED) is 0.855. The van der Waals surface area contributed by atoms with Crippen molar-refractivity contribution >= 4 is 5.91 Å². The fourth-order valence-corrected chi connectivity index (χ4v) is 4.11. The average Bonchev–Trinajstić information content (AvgIpc) is 2.85. The third-order valence-electron chi connectivity index (χ3n) is 5.37. The molecule has 2 fully saturated rings. The van der Waals surface area contributed by atoms with Crippen molar-refractivity contribution in [2.24, 2.45) is 11.3 Å². The topological polar surface area (TPSA) is 47.3 Å². The van der Waals surface area contributed by atoms with Gasteiger partial charge in [-0.2, -0.15) is 5.26 Å². The Bertz CT molecular complexity index is 639. The minimum absolute atomic E-state index is 0.205. The molecule has 2 heterocycles. The summed E-state index contributed by atoms with van der Waals surface area (Å²) < 4.78 is 0. The molecule has 2 aliphatic rings. The van der Waals surface area contributed by atoms with Crippen LogP contribution in [-0.2, 0) is 11.3 Å². The van der Waals surface area contributed by atoms with Gasteiger partial charge in [0.2, 0.25) is 5.91 Å². The largest absolute Gasteiger partial charge is 0.342 e. The lowest BCUT2D eigenvalue weighted by atomic mass is 9.77. The molecule has 3 rings (SSSR count). The van der Waals surface area contributed by atoms with Crippen LogP contribution in [0, 0.1) is 22.7 Å². The zero-order valence-corrected chi connectivity index (χ0v) is 14.8. The lowest BCUT2D eigenvalue weighted by Crippen LogP contribution is -2.41. The minimum atomic E-state index is 0.205. The first-order valence-electron chi connectivity index (χ1n) is 8.99. The van der Waals surface area contributed by atoms with Crippen molar-refractivity contribution in [1.82, 2.24) is 9.80 Å². The number of carbonyl (C=O) groups excluding carboxylic acids is 1. The second kappa shape index (κ2) is 6.94. The van der Waals surface area contributed by atoms with Gasteiger partial charge >= 0.3 is 0 Å². The number of nitrogens with zero attached hydrogens (tertiary/aromatic N) is 3. The van der Waals surface area contributed by atoms with Crippen molar-refractivity contribution in [3.8, 4) is 6.07 Å². The van der Waals surface area contributed by atoms with Gasteiger partial charge in [-0.15, -0.1) is 0 Å². The van der Waals surface area contributed by atoms with E-state index in [0.29, 0.717) is 11.8 Å². The van der Waals surface area contributed by atoms with Crippen LogP contribution in [0.25, 0.3) is 0 Å². The molecule has 0 atom stereocenters. The van der Waals surface area contributed by atoms with Crippen LogP contribution in [0.5, 0.6) is 0 Å². The molecule has 0 aliphatic carbocycles. The first-order valence-corrected chi connectivity index (χ1v) is 8.99. The van der Waals surface area contributed by atoms with E-state index in [1.807, 2.05) is 18.2 Å². The molecule has 0 bridgehead atoms. The molecule has 0 unspecified atom stereocenters. The van der Waals surface area contributed by atoms with Crippen molar-refractivity contribution in [2.45, 2.75) is 39.7 Å². The number of rotatable bonds is 4. The van der Waals surface area contributed by atoms with Gasteiger partial charge in [-0.25, -0.2) is 0 Å². The molecule has 4 heteroatoms. The van der Waals surface area contributed by atoms with Gasteiger partial charge in [0.15, 0.2) is 0 Å². The Morgan fingerprint density at radius 3 is 2.71 bits per heavy atom. The summed E-state index contributed by atoms with van der Waals surface area (Å²) in [6.07, 6.45) is 2.94. The third kappa shape index (κ3) is 3.79. The first kappa shape index (κ1) is 17.0. The number of nitriles is 1. The summed E-state index contributed by atoms with van der Waals surface area (Å²) >= 11 is 0. The molecule has 1 spiro atoms. The average molecular weight is 325 g/mol. The van der Waals surface area contributed by atoms with Gasteiger partial charge < -0.3 is 4.90 Å². The molecular weight excluding hydrogens is 298 g/mol. The van der Waals surface area contributed by atoms with E-state index in [2.05, 4.69) is 35.8 Å². The summed E-state index contributed by atoms with van der Waals surface area (Å²) in [5.41, 5.74) is 2.14. The fraction of sp³-hybridized carbons (Fsp3) is 0.600. The van der Waals surface area contributed by atoms with Gasteiger partial charge in [0.05, 0.1) is 11.6 Å². The van der Waals surface area contributed by atoms with Crippen LogP contribution < -0.4 is 0 Å². The third-order valence-corrected chi connectivity index (χ3v) is 5.37. The summed E-state index contributed by atoms with van der Waals surface area (Å²) in [5, 5.41) is 9.02. The van der Waals surface area contributed by atoms with E-state index in [1.165, 1.54) is 5.56 Å². The number of amides is 1. The summed E-state index contributed by atoms with van der Waals surface area (Å²) in [7, 11) is 0. The summed E-state index contributed by atoms with van der Waals surface area (Å²) in [5.74, 6) is 0.885. The van der Waals surface area contributed by atoms with E-state index >= 15 is 0 Å². The second-order valence-electron chi connectivity index (χ2n) is 7.93. The van der Waals surface area contributed by atoms with Crippen LogP contribution in [0.3, 0.4) is 0 Å². The Morgan fingerprint density at radius 2 is 2.04 bits per heavy atom. The van der Waals surface area contributed by atoms with Crippen LogP contribution in [0.15, 0.2) is 24.3 Å². The number of benzene rings is 1. The highest BCUT2D eigenvalue weighted by molar-refractivity contribution is 5.79. The molecule has 2 saturated heterocycles. The van der Waals surface area contributed by atoms with Crippen LogP contribution in [0.1, 0.15) is 44.2 Å². The lowest BCUT2D eigenvalue weighted by Gasteiger charge is -2.39. The fourth-order valence-electron chi connectivity index (χ4n) is 4.11. The highest BCUT2D eigenvalue weighted by Gasteiger charge is 2.44. The van der Waals surface area contributed by atoms with E-state index in [4.69, 9.17) is 5.26 Å². The Hall–Kier alpha value is -1.86. The smallest absolute Gasteiger partial charge is 0.223 e. The van der Waals surface area contributed by atoms with Crippen molar-refractivity contribution < 1.29 is 4.79 Å². The number of hydrogen-bond acceptors (Lipinski definition) is 3. The van der Waals surface area contributed by atoms with Crippen LogP contribution in [0.4, 0.5) is 0 Å². The Kier molecular flexibility index (Phi) is 4.91.